The molecule has 0 saturated carbocycles. The highest BCUT2D eigenvalue weighted by atomic mass is 16.3. The largest absolute Gasteiger partial charge is 0.395 e. The molecule has 2 N–H and O–H groups in total. The summed E-state index contributed by atoms with van der Waals surface area (Å²) in [5.74, 6) is 0.196. The quantitative estimate of drug-likeness (QED) is 0.621. The summed E-state index contributed by atoms with van der Waals surface area (Å²) in [5.41, 5.74) is 4.92. The second-order valence-electron chi connectivity index (χ2n) is 9.80. The van der Waals surface area contributed by atoms with Crippen LogP contribution < -0.4 is 0 Å². The molecule has 2 aromatic heterocycles. The molecule has 0 spiro atoms. The Morgan fingerprint density at radius 1 is 1.31 bits per heavy atom. The molecule has 32 heavy (non-hydrogen) atoms. The third-order valence-corrected chi connectivity index (χ3v) is 6.30. The molecule has 0 aliphatic carbocycles. The van der Waals surface area contributed by atoms with E-state index in [1.807, 2.05) is 36.5 Å². The molecular formula is C25H33N5O2. The Balaban J connectivity index is 1.58. The van der Waals surface area contributed by atoms with Gasteiger partial charge in [-0.2, -0.15) is 5.10 Å². The zero-order valence-corrected chi connectivity index (χ0v) is 19.4. The molecule has 1 aliphatic heterocycles. The Hall–Kier alpha value is -2.77. The first-order valence-corrected chi connectivity index (χ1v) is 11.3. The number of fused-ring (bicyclic) bond motifs is 1. The number of pyridine rings is 1. The van der Waals surface area contributed by atoms with Crippen LogP contribution in [0.2, 0.25) is 0 Å². The molecule has 7 nitrogen and oxygen atoms in total. The van der Waals surface area contributed by atoms with Crippen LogP contribution in [0.5, 0.6) is 0 Å². The average Bonchev–Trinajstić information content (AvgIpc) is 3.42. The van der Waals surface area contributed by atoms with Crippen molar-refractivity contribution in [2.45, 2.75) is 45.1 Å². The fourth-order valence-electron chi connectivity index (χ4n) is 4.58. The molecular weight excluding hydrogens is 402 g/mol. The number of carbonyl (C=O) groups excluding carboxylic acids is 1. The van der Waals surface area contributed by atoms with Crippen molar-refractivity contribution >= 4 is 16.8 Å². The summed E-state index contributed by atoms with van der Waals surface area (Å²) in [7, 11) is 1.72. The molecule has 1 aliphatic rings. The Morgan fingerprint density at radius 3 is 2.84 bits per heavy atom. The fourth-order valence-corrected chi connectivity index (χ4v) is 4.58. The van der Waals surface area contributed by atoms with E-state index in [9.17, 15) is 9.90 Å². The number of para-hydroxylation sites is 1. The third-order valence-electron chi connectivity index (χ3n) is 6.30. The number of aliphatic hydroxyl groups excluding tert-OH is 1. The highest BCUT2D eigenvalue weighted by molar-refractivity contribution is 6.06. The summed E-state index contributed by atoms with van der Waals surface area (Å²) in [5, 5.41) is 17.6. The van der Waals surface area contributed by atoms with Gasteiger partial charge in [-0.25, -0.2) is 0 Å². The smallest absolute Gasteiger partial charge is 0.254 e. The highest BCUT2D eigenvalue weighted by Crippen LogP contribution is 2.32. The molecule has 4 rings (SSSR count). The van der Waals surface area contributed by atoms with Crippen LogP contribution in [-0.2, 0) is 12.0 Å². The van der Waals surface area contributed by atoms with Crippen molar-refractivity contribution < 1.29 is 9.90 Å². The van der Waals surface area contributed by atoms with Crippen molar-refractivity contribution in [1.82, 2.24) is 25.0 Å². The van der Waals surface area contributed by atoms with Gasteiger partial charge < -0.3 is 10.0 Å². The van der Waals surface area contributed by atoms with Gasteiger partial charge in [0.1, 0.15) is 0 Å². The van der Waals surface area contributed by atoms with Gasteiger partial charge in [0.15, 0.2) is 0 Å². The zero-order valence-electron chi connectivity index (χ0n) is 19.4. The molecule has 1 fully saturated rings. The van der Waals surface area contributed by atoms with Crippen LogP contribution in [0.15, 0.2) is 36.5 Å². The number of likely N-dealkylation sites (tertiary alicyclic amines) is 1. The molecule has 0 radical (unpaired) electrons. The molecule has 1 atom stereocenters. The van der Waals surface area contributed by atoms with Crippen LogP contribution in [-0.4, -0.2) is 69.3 Å². The van der Waals surface area contributed by atoms with Crippen molar-refractivity contribution in [3.8, 4) is 0 Å². The first kappa shape index (κ1) is 22.4. The van der Waals surface area contributed by atoms with E-state index in [1.54, 1.807) is 11.9 Å². The Bertz CT molecular complexity index is 1100. The van der Waals surface area contributed by atoms with E-state index in [2.05, 4.69) is 35.9 Å². The van der Waals surface area contributed by atoms with Gasteiger partial charge in [-0.15, -0.1) is 0 Å². The van der Waals surface area contributed by atoms with E-state index in [-0.39, 0.29) is 23.8 Å². The van der Waals surface area contributed by atoms with Crippen molar-refractivity contribution in [3.63, 3.8) is 0 Å². The average molecular weight is 436 g/mol. The number of benzene rings is 1. The Labute approximate surface area is 189 Å². The summed E-state index contributed by atoms with van der Waals surface area (Å²) in [4.78, 5) is 22.0. The first-order chi connectivity index (χ1) is 15.3. The first-order valence-electron chi connectivity index (χ1n) is 11.3. The lowest BCUT2D eigenvalue weighted by Gasteiger charge is -2.22. The maximum atomic E-state index is 13.1. The van der Waals surface area contributed by atoms with E-state index in [4.69, 9.17) is 4.98 Å². The topological polar surface area (TPSA) is 85.4 Å². The van der Waals surface area contributed by atoms with Crippen LogP contribution >= 0.6 is 0 Å². The number of nitrogens with one attached hydrogen (secondary N) is 1. The number of amides is 1. The number of rotatable bonds is 6. The van der Waals surface area contributed by atoms with Crippen molar-refractivity contribution in [1.29, 1.82) is 0 Å². The highest BCUT2D eigenvalue weighted by Gasteiger charge is 2.29. The van der Waals surface area contributed by atoms with E-state index in [0.717, 1.165) is 42.7 Å². The lowest BCUT2D eigenvalue weighted by atomic mass is 9.89. The third kappa shape index (κ3) is 4.54. The van der Waals surface area contributed by atoms with Crippen LogP contribution in [0, 0.1) is 0 Å². The van der Waals surface area contributed by atoms with Crippen LogP contribution in [0.25, 0.3) is 10.9 Å². The van der Waals surface area contributed by atoms with Gasteiger partial charge in [0.05, 0.1) is 23.9 Å². The van der Waals surface area contributed by atoms with Crippen molar-refractivity contribution in [2.75, 3.05) is 33.3 Å². The Kier molecular flexibility index (Phi) is 6.31. The summed E-state index contributed by atoms with van der Waals surface area (Å²) < 4.78 is 0. The maximum absolute atomic E-state index is 13.1. The van der Waals surface area contributed by atoms with Gasteiger partial charge in [0.2, 0.25) is 0 Å². The Morgan fingerprint density at radius 2 is 2.09 bits per heavy atom. The van der Waals surface area contributed by atoms with E-state index in [1.165, 1.54) is 11.3 Å². The van der Waals surface area contributed by atoms with Gasteiger partial charge in [-0.1, -0.05) is 39.0 Å². The molecule has 1 saturated heterocycles. The number of aliphatic hydroxyl groups is 1. The summed E-state index contributed by atoms with van der Waals surface area (Å²) >= 11 is 0. The molecule has 1 aromatic carbocycles. The number of hydrogen-bond acceptors (Lipinski definition) is 5. The molecule has 1 amide bonds. The summed E-state index contributed by atoms with van der Waals surface area (Å²) in [6, 6.07) is 9.76. The minimum Gasteiger partial charge on any atom is -0.395 e. The van der Waals surface area contributed by atoms with Crippen molar-refractivity contribution in [3.05, 3.63) is 59.0 Å². The molecule has 0 bridgehead atoms. The van der Waals surface area contributed by atoms with Crippen LogP contribution in [0.1, 0.15) is 60.4 Å². The molecule has 3 aromatic rings. The molecule has 3 heterocycles. The lowest BCUT2D eigenvalue weighted by Crippen LogP contribution is -2.30. The van der Waals surface area contributed by atoms with Gasteiger partial charge in [0.25, 0.3) is 5.91 Å². The lowest BCUT2D eigenvalue weighted by molar-refractivity contribution is 0.0768. The predicted molar refractivity (Wildman–Crippen MR) is 126 cm³/mol. The molecule has 170 valence electrons. The normalized spacial score (nSPS) is 17.2. The summed E-state index contributed by atoms with van der Waals surface area (Å²) in [6.07, 6.45) is 2.95. The van der Waals surface area contributed by atoms with Gasteiger partial charge >= 0.3 is 0 Å². The standard InChI is InChI=1S/C25H33N5O2/c1-25(2,3)23-18(14-26-28-23)16-30-10-9-17(15-30)22-13-20(24(32)29(4)11-12-31)19-7-5-6-8-21(19)27-22/h5-8,13-14,17,31H,9-12,15-16H2,1-4H3,(H,26,28)/t17-/m0/s1. The number of aromatic amines is 1. The minimum absolute atomic E-state index is 0.0285. The van der Waals surface area contributed by atoms with E-state index >= 15 is 0 Å². The van der Waals surface area contributed by atoms with Crippen LogP contribution in [0.4, 0.5) is 0 Å². The van der Waals surface area contributed by atoms with E-state index < -0.39 is 0 Å². The van der Waals surface area contributed by atoms with Crippen molar-refractivity contribution in [2.24, 2.45) is 0 Å². The number of carbonyl (C=O) groups is 1. The maximum Gasteiger partial charge on any atom is 0.254 e. The monoisotopic (exact) mass is 435 g/mol. The molecule has 0 unspecified atom stereocenters. The minimum atomic E-state index is -0.0815. The second-order valence-corrected chi connectivity index (χ2v) is 9.80. The van der Waals surface area contributed by atoms with E-state index in [0.29, 0.717) is 12.1 Å². The second kappa shape index (κ2) is 9.00. The number of H-pyrrole nitrogens is 1. The number of nitrogens with zero attached hydrogens (tertiary/aromatic N) is 4. The van der Waals surface area contributed by atoms with Gasteiger partial charge in [-0.3, -0.25) is 19.8 Å². The fraction of sp³-hybridized carbons (Fsp3) is 0.480. The number of hydrogen-bond donors (Lipinski definition) is 2. The van der Waals surface area contributed by atoms with Crippen LogP contribution in [0.3, 0.4) is 0 Å². The van der Waals surface area contributed by atoms with Gasteiger partial charge in [-0.05, 0) is 25.1 Å². The number of likely N-dealkylation sites (N-methyl/N-ethyl adjacent to an activating group) is 1. The SMILES string of the molecule is CN(CCO)C(=O)c1cc([C@H]2CCN(Cc3cn[nH]c3C(C)(C)C)C2)nc2ccccc12. The summed E-state index contributed by atoms with van der Waals surface area (Å²) in [6.45, 7) is 9.59. The molecule has 7 heteroatoms. The predicted octanol–water partition coefficient (Wildman–Crippen LogP) is 3.31. The zero-order chi connectivity index (χ0) is 22.9. The van der Waals surface area contributed by atoms with Gasteiger partial charge in [0, 0.05) is 60.4 Å². The number of aromatic nitrogens is 3.